The topological polar surface area (TPSA) is 168 Å². The van der Waals surface area contributed by atoms with E-state index in [0.29, 0.717) is 45.2 Å². The van der Waals surface area contributed by atoms with Gasteiger partial charge in [0.1, 0.15) is 18.6 Å². The molecule has 0 saturated carbocycles. The second-order valence-electron chi connectivity index (χ2n) is 5.91. The Kier molecular flexibility index (Phi) is 8.86. The van der Waals surface area contributed by atoms with Crippen LogP contribution in [0.2, 0.25) is 0 Å². The minimum Gasteiger partial charge on any atom is -0.480 e. The van der Waals surface area contributed by atoms with Crippen LogP contribution in [0, 0.1) is 0 Å². The second-order valence-corrected chi connectivity index (χ2v) is 5.91. The van der Waals surface area contributed by atoms with Crippen LogP contribution in [0.5, 0.6) is 0 Å². The number of aliphatic carboxylic acids is 1. The molecule has 10 nitrogen and oxygen atoms in total. The summed E-state index contributed by atoms with van der Waals surface area (Å²) in [4.78, 5) is 48.5. The molecule has 1 aliphatic rings. The number of nitrogens with one attached hydrogen (secondary N) is 2. The third kappa shape index (κ3) is 6.67. The van der Waals surface area contributed by atoms with Gasteiger partial charge in [-0.2, -0.15) is 0 Å². The number of nitrogens with zero attached hydrogens (tertiary/aromatic N) is 1. The van der Waals surface area contributed by atoms with Gasteiger partial charge in [-0.3, -0.25) is 19.2 Å². The van der Waals surface area contributed by atoms with Crippen molar-refractivity contribution in [2.45, 2.75) is 44.2 Å². The minimum atomic E-state index is -1.15. The van der Waals surface area contributed by atoms with Crippen molar-refractivity contribution < 1.29 is 24.3 Å². The number of hydrogen-bond acceptors (Lipinski definition) is 6. The van der Waals surface area contributed by atoms with Gasteiger partial charge in [0.05, 0.1) is 6.54 Å². The molecule has 7 N–H and O–H groups in total. The summed E-state index contributed by atoms with van der Waals surface area (Å²) in [6.07, 6.45) is 2.86. The molecule has 25 heavy (non-hydrogen) atoms. The van der Waals surface area contributed by atoms with Crippen molar-refractivity contribution in [1.29, 1.82) is 0 Å². The minimum absolute atomic E-state index is 0.233. The summed E-state index contributed by atoms with van der Waals surface area (Å²) < 4.78 is 0. The summed E-state index contributed by atoms with van der Waals surface area (Å²) in [7, 11) is 0. The van der Waals surface area contributed by atoms with Gasteiger partial charge in [-0.15, -0.1) is 0 Å². The Morgan fingerprint density at radius 2 is 1.92 bits per heavy atom. The van der Waals surface area contributed by atoms with Gasteiger partial charge >= 0.3 is 5.97 Å². The number of carbonyl (C=O) groups excluding carboxylic acids is 3. The fourth-order valence-corrected chi connectivity index (χ4v) is 2.79. The van der Waals surface area contributed by atoms with E-state index in [1.165, 1.54) is 4.90 Å². The Hall–Kier alpha value is -2.20. The van der Waals surface area contributed by atoms with Crippen LogP contribution in [0.4, 0.5) is 0 Å². The molecule has 142 valence electrons. The molecule has 1 aliphatic heterocycles. The first-order valence-corrected chi connectivity index (χ1v) is 8.40. The van der Waals surface area contributed by atoms with Crippen molar-refractivity contribution in [1.82, 2.24) is 15.5 Å². The Morgan fingerprint density at radius 3 is 2.52 bits per heavy atom. The summed E-state index contributed by atoms with van der Waals surface area (Å²) in [5.74, 6) is -2.46. The molecule has 0 bridgehead atoms. The third-order valence-electron chi connectivity index (χ3n) is 4.02. The number of unbranched alkanes of at least 4 members (excludes halogenated alkanes) is 1. The van der Waals surface area contributed by atoms with Gasteiger partial charge in [-0.05, 0) is 38.6 Å². The molecule has 0 aromatic heterocycles. The number of rotatable bonds is 10. The fraction of sp³-hybridized carbons (Fsp3) is 0.733. The molecular formula is C15H27N5O5. The molecule has 1 saturated heterocycles. The SMILES string of the molecule is NCCCCC(NC(=O)CN)C(=O)N1CCCC1C(=O)NCC(=O)O. The summed E-state index contributed by atoms with van der Waals surface area (Å²) in [5.41, 5.74) is 10.8. The van der Waals surface area contributed by atoms with E-state index in [-0.39, 0.29) is 12.5 Å². The molecule has 0 spiro atoms. The Bertz CT molecular complexity index is 499. The van der Waals surface area contributed by atoms with Gasteiger partial charge in [0, 0.05) is 6.54 Å². The monoisotopic (exact) mass is 357 g/mol. The zero-order valence-electron chi connectivity index (χ0n) is 14.2. The van der Waals surface area contributed by atoms with E-state index in [1.54, 1.807) is 0 Å². The van der Waals surface area contributed by atoms with E-state index in [2.05, 4.69) is 10.6 Å². The maximum atomic E-state index is 12.8. The lowest BCUT2D eigenvalue weighted by atomic mass is 10.1. The molecule has 0 aromatic carbocycles. The molecule has 1 fully saturated rings. The Morgan fingerprint density at radius 1 is 1.20 bits per heavy atom. The van der Waals surface area contributed by atoms with E-state index in [1.807, 2.05) is 0 Å². The lowest BCUT2D eigenvalue weighted by Gasteiger charge is -2.28. The third-order valence-corrected chi connectivity index (χ3v) is 4.02. The van der Waals surface area contributed by atoms with E-state index in [0.717, 1.165) is 0 Å². The highest BCUT2D eigenvalue weighted by atomic mass is 16.4. The lowest BCUT2D eigenvalue weighted by Crippen LogP contribution is -2.54. The van der Waals surface area contributed by atoms with E-state index < -0.39 is 36.4 Å². The highest BCUT2D eigenvalue weighted by Crippen LogP contribution is 2.19. The number of likely N-dealkylation sites (tertiary alicyclic amines) is 1. The van der Waals surface area contributed by atoms with Crippen LogP contribution in [-0.2, 0) is 19.2 Å². The first kappa shape index (κ1) is 20.8. The quantitative estimate of drug-likeness (QED) is 0.275. The number of carbonyl (C=O) groups is 4. The van der Waals surface area contributed by atoms with Crippen molar-refractivity contribution in [3.63, 3.8) is 0 Å². The predicted octanol–water partition coefficient (Wildman–Crippen LogP) is -2.25. The van der Waals surface area contributed by atoms with Crippen LogP contribution in [0.3, 0.4) is 0 Å². The molecule has 0 radical (unpaired) electrons. The van der Waals surface area contributed by atoms with Gasteiger partial charge in [0.2, 0.25) is 17.7 Å². The molecule has 1 rings (SSSR count). The zero-order valence-corrected chi connectivity index (χ0v) is 14.2. The van der Waals surface area contributed by atoms with Crippen LogP contribution in [0.15, 0.2) is 0 Å². The van der Waals surface area contributed by atoms with Crippen molar-refractivity contribution in [3.05, 3.63) is 0 Å². The fourth-order valence-electron chi connectivity index (χ4n) is 2.79. The number of hydrogen-bond donors (Lipinski definition) is 5. The Balaban J connectivity index is 2.76. The van der Waals surface area contributed by atoms with Gasteiger partial charge in [-0.1, -0.05) is 0 Å². The lowest BCUT2D eigenvalue weighted by molar-refractivity contribution is -0.142. The molecule has 0 aliphatic carbocycles. The van der Waals surface area contributed by atoms with E-state index >= 15 is 0 Å². The zero-order chi connectivity index (χ0) is 18.8. The first-order chi connectivity index (χ1) is 11.9. The van der Waals surface area contributed by atoms with Crippen LogP contribution < -0.4 is 22.1 Å². The predicted molar refractivity (Wildman–Crippen MR) is 89.3 cm³/mol. The van der Waals surface area contributed by atoms with Crippen molar-refractivity contribution in [2.75, 3.05) is 26.2 Å². The highest BCUT2D eigenvalue weighted by Gasteiger charge is 2.37. The average molecular weight is 357 g/mol. The van der Waals surface area contributed by atoms with Gasteiger partial charge in [-0.25, -0.2) is 0 Å². The largest absolute Gasteiger partial charge is 0.480 e. The molecule has 10 heteroatoms. The van der Waals surface area contributed by atoms with E-state index in [9.17, 15) is 19.2 Å². The normalized spacial score (nSPS) is 17.8. The molecular weight excluding hydrogens is 330 g/mol. The molecule has 2 unspecified atom stereocenters. The number of carboxylic acids is 1. The average Bonchev–Trinajstić information content (AvgIpc) is 3.07. The summed E-state index contributed by atoms with van der Waals surface area (Å²) in [6, 6.07) is -1.49. The molecule has 3 amide bonds. The van der Waals surface area contributed by atoms with Crippen LogP contribution in [0.1, 0.15) is 32.1 Å². The van der Waals surface area contributed by atoms with E-state index in [4.69, 9.17) is 16.6 Å². The van der Waals surface area contributed by atoms with Gasteiger partial charge in [0.15, 0.2) is 0 Å². The van der Waals surface area contributed by atoms with Gasteiger partial charge in [0.25, 0.3) is 0 Å². The smallest absolute Gasteiger partial charge is 0.322 e. The van der Waals surface area contributed by atoms with Gasteiger partial charge < -0.3 is 32.1 Å². The van der Waals surface area contributed by atoms with Crippen molar-refractivity contribution in [3.8, 4) is 0 Å². The van der Waals surface area contributed by atoms with Crippen LogP contribution in [-0.4, -0.2) is 72.0 Å². The maximum absolute atomic E-state index is 12.8. The standard InChI is InChI=1S/C15H27N5O5/c16-6-2-1-4-10(19-12(21)8-17)15(25)20-7-3-5-11(20)14(24)18-9-13(22)23/h10-11H,1-9,16-17H2,(H,18,24)(H,19,21)(H,22,23). The number of nitrogens with two attached hydrogens (primary N) is 2. The Labute approximate surface area is 146 Å². The van der Waals surface area contributed by atoms with Crippen molar-refractivity contribution in [2.24, 2.45) is 11.5 Å². The first-order valence-electron chi connectivity index (χ1n) is 8.40. The van der Waals surface area contributed by atoms with Crippen LogP contribution in [0.25, 0.3) is 0 Å². The maximum Gasteiger partial charge on any atom is 0.322 e. The second kappa shape index (κ2) is 10.6. The summed E-state index contributed by atoms with van der Waals surface area (Å²) in [6.45, 7) is 0.135. The van der Waals surface area contributed by atoms with Crippen LogP contribution >= 0.6 is 0 Å². The summed E-state index contributed by atoms with van der Waals surface area (Å²) >= 11 is 0. The molecule has 0 aromatic rings. The summed E-state index contributed by atoms with van der Waals surface area (Å²) in [5, 5.41) is 13.5. The highest BCUT2D eigenvalue weighted by molar-refractivity contribution is 5.93. The number of carboxylic acid groups (broad SMARTS) is 1. The molecule has 1 heterocycles. The number of amides is 3. The molecule has 2 atom stereocenters. The van der Waals surface area contributed by atoms with Crippen molar-refractivity contribution >= 4 is 23.7 Å².